The molecule has 2 unspecified atom stereocenters. The molecule has 0 saturated heterocycles. The number of benzene rings is 1. The first kappa shape index (κ1) is 13.4. The minimum Gasteiger partial charge on any atom is -0.484 e. The zero-order valence-electron chi connectivity index (χ0n) is 10.5. The first-order chi connectivity index (χ1) is 8.63. The highest BCUT2D eigenvalue weighted by molar-refractivity contribution is 9.10. The van der Waals surface area contributed by atoms with E-state index in [0.717, 1.165) is 23.2 Å². The van der Waals surface area contributed by atoms with Crippen LogP contribution in [0.15, 0.2) is 28.7 Å². The van der Waals surface area contributed by atoms with Crippen molar-refractivity contribution in [3.8, 4) is 5.75 Å². The summed E-state index contributed by atoms with van der Waals surface area (Å²) in [4.78, 5) is 11.7. The Labute approximate surface area is 116 Å². The summed E-state index contributed by atoms with van der Waals surface area (Å²) >= 11 is 3.35. The Kier molecular flexibility index (Phi) is 4.64. The molecule has 0 heterocycles. The van der Waals surface area contributed by atoms with E-state index in [1.807, 2.05) is 24.3 Å². The maximum Gasteiger partial charge on any atom is 0.258 e. The Morgan fingerprint density at radius 2 is 2.11 bits per heavy atom. The normalized spacial score (nSPS) is 22.8. The van der Waals surface area contributed by atoms with Crippen LogP contribution >= 0.6 is 15.9 Å². The zero-order valence-corrected chi connectivity index (χ0v) is 12.1. The van der Waals surface area contributed by atoms with Gasteiger partial charge in [-0.25, -0.2) is 0 Å². The summed E-state index contributed by atoms with van der Waals surface area (Å²) in [5, 5.41) is 3.02. The number of hydrogen-bond donors (Lipinski definition) is 1. The van der Waals surface area contributed by atoms with Gasteiger partial charge >= 0.3 is 0 Å². The standard InChI is InChI=1S/C14H18BrNO2/c1-10-2-5-12(8-10)16-14(17)9-18-13-6-3-11(15)4-7-13/h3-4,6-7,10,12H,2,5,8-9H2,1H3,(H,16,17). The monoisotopic (exact) mass is 311 g/mol. The first-order valence-electron chi connectivity index (χ1n) is 6.31. The van der Waals surface area contributed by atoms with Crippen molar-refractivity contribution in [2.75, 3.05) is 6.61 Å². The van der Waals surface area contributed by atoms with Crippen molar-refractivity contribution >= 4 is 21.8 Å². The summed E-state index contributed by atoms with van der Waals surface area (Å²) in [6, 6.07) is 7.81. The van der Waals surface area contributed by atoms with Gasteiger partial charge in [-0.1, -0.05) is 22.9 Å². The lowest BCUT2D eigenvalue weighted by Crippen LogP contribution is -2.36. The van der Waals surface area contributed by atoms with E-state index in [0.29, 0.717) is 11.8 Å². The SMILES string of the molecule is CC1CCC(NC(=O)COc2ccc(Br)cc2)C1. The molecule has 1 N–H and O–H groups in total. The lowest BCUT2D eigenvalue weighted by atomic mass is 10.1. The number of nitrogens with one attached hydrogen (secondary N) is 1. The molecule has 1 amide bonds. The minimum atomic E-state index is -0.0305. The number of rotatable bonds is 4. The largest absolute Gasteiger partial charge is 0.484 e. The number of carbonyl (C=O) groups excluding carboxylic acids is 1. The van der Waals surface area contributed by atoms with E-state index in [2.05, 4.69) is 28.2 Å². The van der Waals surface area contributed by atoms with E-state index in [1.165, 1.54) is 6.42 Å². The smallest absolute Gasteiger partial charge is 0.258 e. The highest BCUT2D eigenvalue weighted by Crippen LogP contribution is 2.24. The molecule has 2 atom stereocenters. The second kappa shape index (κ2) is 6.23. The first-order valence-corrected chi connectivity index (χ1v) is 7.10. The highest BCUT2D eigenvalue weighted by Gasteiger charge is 2.22. The maximum atomic E-state index is 11.7. The van der Waals surface area contributed by atoms with Crippen LogP contribution in [0.2, 0.25) is 0 Å². The van der Waals surface area contributed by atoms with E-state index in [9.17, 15) is 4.79 Å². The molecule has 98 valence electrons. The van der Waals surface area contributed by atoms with E-state index in [4.69, 9.17) is 4.74 Å². The van der Waals surface area contributed by atoms with E-state index in [1.54, 1.807) is 0 Å². The minimum absolute atomic E-state index is 0.0305. The molecule has 1 aliphatic rings. The van der Waals surface area contributed by atoms with E-state index >= 15 is 0 Å². The van der Waals surface area contributed by atoms with Gasteiger partial charge in [0.2, 0.25) is 0 Å². The molecule has 18 heavy (non-hydrogen) atoms. The van der Waals surface area contributed by atoms with Crippen molar-refractivity contribution in [3.05, 3.63) is 28.7 Å². The molecule has 1 saturated carbocycles. The second-order valence-corrected chi connectivity index (χ2v) is 5.84. The van der Waals surface area contributed by atoms with Gasteiger partial charge in [-0.15, -0.1) is 0 Å². The topological polar surface area (TPSA) is 38.3 Å². The van der Waals surface area contributed by atoms with Crippen LogP contribution in [-0.2, 0) is 4.79 Å². The summed E-state index contributed by atoms with van der Waals surface area (Å²) in [7, 11) is 0. The molecule has 0 bridgehead atoms. The molecule has 4 heteroatoms. The molecule has 0 spiro atoms. The molecule has 0 radical (unpaired) electrons. The molecule has 1 aliphatic carbocycles. The molecule has 2 rings (SSSR count). The Hall–Kier alpha value is -1.03. The van der Waals surface area contributed by atoms with Crippen LogP contribution in [0.4, 0.5) is 0 Å². The van der Waals surface area contributed by atoms with Crippen molar-refractivity contribution < 1.29 is 9.53 Å². The van der Waals surface area contributed by atoms with Crippen LogP contribution in [0.3, 0.4) is 0 Å². The Morgan fingerprint density at radius 1 is 1.39 bits per heavy atom. The summed E-state index contributed by atoms with van der Waals surface area (Å²) in [5.41, 5.74) is 0. The fraction of sp³-hybridized carbons (Fsp3) is 0.500. The molecule has 1 aromatic rings. The number of amides is 1. The molecular weight excluding hydrogens is 294 g/mol. The fourth-order valence-electron chi connectivity index (χ4n) is 2.29. The number of carbonyl (C=O) groups is 1. The van der Waals surface area contributed by atoms with Gasteiger partial charge in [-0.05, 0) is 49.4 Å². The Morgan fingerprint density at radius 3 is 2.72 bits per heavy atom. The highest BCUT2D eigenvalue weighted by atomic mass is 79.9. The molecule has 0 aliphatic heterocycles. The van der Waals surface area contributed by atoms with Crippen LogP contribution in [0.25, 0.3) is 0 Å². The van der Waals surface area contributed by atoms with Crippen molar-refractivity contribution in [1.82, 2.24) is 5.32 Å². The van der Waals surface area contributed by atoms with Crippen LogP contribution in [0, 0.1) is 5.92 Å². The third-order valence-corrected chi connectivity index (χ3v) is 3.77. The van der Waals surface area contributed by atoms with Crippen LogP contribution in [0.1, 0.15) is 26.2 Å². The van der Waals surface area contributed by atoms with Gasteiger partial charge in [0, 0.05) is 10.5 Å². The summed E-state index contributed by atoms with van der Waals surface area (Å²) in [5.74, 6) is 1.41. The molecular formula is C14H18BrNO2. The predicted octanol–water partition coefficient (Wildman–Crippen LogP) is 3.13. The van der Waals surface area contributed by atoms with Gasteiger partial charge in [0.15, 0.2) is 6.61 Å². The summed E-state index contributed by atoms with van der Waals surface area (Å²) in [6.07, 6.45) is 3.38. The average Bonchev–Trinajstić information content (AvgIpc) is 2.74. The van der Waals surface area contributed by atoms with E-state index in [-0.39, 0.29) is 12.5 Å². The lowest BCUT2D eigenvalue weighted by Gasteiger charge is -2.13. The van der Waals surface area contributed by atoms with Crippen molar-refractivity contribution in [2.45, 2.75) is 32.2 Å². The zero-order chi connectivity index (χ0) is 13.0. The Balaban J connectivity index is 1.73. The van der Waals surface area contributed by atoms with Crippen molar-refractivity contribution in [2.24, 2.45) is 5.92 Å². The van der Waals surface area contributed by atoms with Gasteiger partial charge in [0.25, 0.3) is 5.91 Å². The van der Waals surface area contributed by atoms with Gasteiger partial charge in [0.05, 0.1) is 0 Å². The van der Waals surface area contributed by atoms with Crippen LogP contribution in [-0.4, -0.2) is 18.6 Å². The fourth-order valence-corrected chi connectivity index (χ4v) is 2.55. The van der Waals surface area contributed by atoms with Crippen molar-refractivity contribution in [3.63, 3.8) is 0 Å². The van der Waals surface area contributed by atoms with Crippen LogP contribution in [0.5, 0.6) is 5.75 Å². The van der Waals surface area contributed by atoms with Gasteiger partial charge in [-0.2, -0.15) is 0 Å². The van der Waals surface area contributed by atoms with Crippen LogP contribution < -0.4 is 10.1 Å². The summed E-state index contributed by atoms with van der Waals surface area (Å²) < 4.78 is 6.43. The third-order valence-electron chi connectivity index (χ3n) is 3.24. The second-order valence-electron chi connectivity index (χ2n) is 4.93. The van der Waals surface area contributed by atoms with E-state index < -0.39 is 0 Å². The molecule has 0 aromatic heterocycles. The lowest BCUT2D eigenvalue weighted by molar-refractivity contribution is -0.123. The maximum absolute atomic E-state index is 11.7. The third kappa shape index (κ3) is 4.02. The Bertz CT molecular complexity index is 405. The molecule has 1 fully saturated rings. The summed E-state index contributed by atoms with van der Waals surface area (Å²) in [6.45, 7) is 2.32. The van der Waals surface area contributed by atoms with Gasteiger partial charge in [-0.3, -0.25) is 4.79 Å². The number of hydrogen-bond acceptors (Lipinski definition) is 2. The number of ether oxygens (including phenoxy) is 1. The van der Waals surface area contributed by atoms with Gasteiger partial charge < -0.3 is 10.1 Å². The quantitative estimate of drug-likeness (QED) is 0.927. The van der Waals surface area contributed by atoms with Gasteiger partial charge in [0.1, 0.15) is 5.75 Å². The average molecular weight is 312 g/mol. The molecule has 3 nitrogen and oxygen atoms in total. The predicted molar refractivity (Wildman–Crippen MR) is 74.6 cm³/mol. The molecule has 1 aromatic carbocycles. The number of halogens is 1. The van der Waals surface area contributed by atoms with Crippen molar-refractivity contribution in [1.29, 1.82) is 0 Å².